The Hall–Kier alpha value is -1.12. The van der Waals surface area contributed by atoms with Crippen LogP contribution in [0.1, 0.15) is 10.9 Å². The molecule has 0 aliphatic carbocycles. The predicted molar refractivity (Wildman–Crippen MR) is 69.8 cm³/mol. The van der Waals surface area contributed by atoms with E-state index in [0.717, 1.165) is 6.26 Å². The molecule has 0 spiro atoms. The highest BCUT2D eigenvalue weighted by Gasteiger charge is 2.33. The molecule has 0 unspecified atom stereocenters. The third-order valence-electron chi connectivity index (χ3n) is 2.64. The molecule has 8 heteroatoms. The van der Waals surface area contributed by atoms with Gasteiger partial charge in [0.15, 0.2) is 0 Å². The van der Waals surface area contributed by atoms with Crippen LogP contribution in [-0.4, -0.2) is 36.2 Å². The third kappa shape index (κ3) is 2.65. The molecule has 6 nitrogen and oxygen atoms in total. The second kappa shape index (κ2) is 4.87. The minimum Gasteiger partial charge on any atom is -0.258 e. The van der Waals surface area contributed by atoms with Gasteiger partial charge in [0.1, 0.15) is 0 Å². The van der Waals surface area contributed by atoms with Crippen LogP contribution in [0.3, 0.4) is 0 Å². The molecule has 0 N–H and O–H groups in total. The number of rotatable bonds is 3. The van der Waals surface area contributed by atoms with Crippen LogP contribution >= 0.6 is 11.8 Å². The van der Waals surface area contributed by atoms with E-state index >= 15 is 0 Å². The minimum atomic E-state index is -3.29. The Labute approximate surface area is 109 Å². The first-order chi connectivity index (χ1) is 8.39. The maximum atomic E-state index is 11.6. The number of sulfonamides is 1. The standard InChI is InChI=1S/C10H12N2O4S2/c1-18(15,16)11-5-6-17-10(11)8-3-2-4-9(7-8)12(13)14/h2-4,7,10H,5-6H2,1H3/t10-/m1/s1. The highest BCUT2D eigenvalue weighted by atomic mass is 32.2. The summed E-state index contributed by atoms with van der Waals surface area (Å²) in [6.07, 6.45) is 1.16. The van der Waals surface area contributed by atoms with Crippen molar-refractivity contribution >= 4 is 27.5 Å². The van der Waals surface area contributed by atoms with Gasteiger partial charge >= 0.3 is 0 Å². The predicted octanol–water partition coefficient (Wildman–Crippen LogP) is 1.60. The third-order valence-corrected chi connectivity index (χ3v) is 5.28. The molecule has 2 rings (SSSR count). The van der Waals surface area contributed by atoms with Crippen molar-refractivity contribution in [1.82, 2.24) is 4.31 Å². The van der Waals surface area contributed by atoms with Gasteiger partial charge in [-0.05, 0) is 5.56 Å². The van der Waals surface area contributed by atoms with Crippen molar-refractivity contribution in [2.45, 2.75) is 5.37 Å². The Kier molecular flexibility index (Phi) is 3.60. The summed E-state index contributed by atoms with van der Waals surface area (Å²) in [7, 11) is -3.29. The molecule has 1 aliphatic heterocycles. The minimum absolute atomic E-state index is 0.0200. The second-order valence-electron chi connectivity index (χ2n) is 3.95. The van der Waals surface area contributed by atoms with Gasteiger partial charge in [0, 0.05) is 24.4 Å². The fourth-order valence-corrected chi connectivity index (χ4v) is 4.64. The number of benzene rings is 1. The molecule has 1 saturated heterocycles. The van der Waals surface area contributed by atoms with E-state index in [-0.39, 0.29) is 11.1 Å². The number of thioether (sulfide) groups is 1. The molecule has 0 radical (unpaired) electrons. The molecular weight excluding hydrogens is 276 g/mol. The van der Waals surface area contributed by atoms with Gasteiger partial charge in [-0.15, -0.1) is 11.8 Å². The average molecular weight is 288 g/mol. The first-order valence-electron chi connectivity index (χ1n) is 5.22. The van der Waals surface area contributed by atoms with E-state index in [2.05, 4.69) is 0 Å². The van der Waals surface area contributed by atoms with E-state index in [1.54, 1.807) is 12.1 Å². The van der Waals surface area contributed by atoms with Gasteiger partial charge in [-0.25, -0.2) is 8.42 Å². The number of nitro benzene ring substituents is 1. The van der Waals surface area contributed by atoms with Crippen LogP contribution in [-0.2, 0) is 10.0 Å². The van der Waals surface area contributed by atoms with Crippen LogP contribution in [0.2, 0.25) is 0 Å². The van der Waals surface area contributed by atoms with Gasteiger partial charge in [0.25, 0.3) is 5.69 Å². The van der Waals surface area contributed by atoms with Crippen molar-refractivity contribution in [3.8, 4) is 0 Å². The zero-order valence-electron chi connectivity index (χ0n) is 9.64. The topological polar surface area (TPSA) is 80.5 Å². The monoisotopic (exact) mass is 288 g/mol. The summed E-state index contributed by atoms with van der Waals surface area (Å²) < 4.78 is 24.6. The first-order valence-corrected chi connectivity index (χ1v) is 8.12. The number of nitrogens with zero attached hydrogens (tertiary/aromatic N) is 2. The van der Waals surface area contributed by atoms with E-state index in [0.29, 0.717) is 17.9 Å². The molecule has 0 saturated carbocycles. The normalized spacial score (nSPS) is 21.1. The maximum Gasteiger partial charge on any atom is 0.269 e. The highest BCUT2D eigenvalue weighted by molar-refractivity contribution is 8.00. The lowest BCUT2D eigenvalue weighted by molar-refractivity contribution is -0.384. The fourth-order valence-electron chi connectivity index (χ4n) is 1.85. The fraction of sp³-hybridized carbons (Fsp3) is 0.400. The van der Waals surface area contributed by atoms with Crippen molar-refractivity contribution in [3.05, 3.63) is 39.9 Å². The molecule has 98 valence electrons. The Bertz CT molecular complexity index is 573. The van der Waals surface area contributed by atoms with E-state index in [1.165, 1.54) is 28.2 Å². The van der Waals surface area contributed by atoms with E-state index in [4.69, 9.17) is 0 Å². The lowest BCUT2D eigenvalue weighted by Gasteiger charge is -2.21. The van der Waals surface area contributed by atoms with E-state index in [1.807, 2.05) is 0 Å². The van der Waals surface area contributed by atoms with Crippen molar-refractivity contribution in [1.29, 1.82) is 0 Å². The van der Waals surface area contributed by atoms with Crippen LogP contribution in [0.25, 0.3) is 0 Å². The molecule has 1 aliphatic rings. The summed E-state index contributed by atoms with van der Waals surface area (Å²) in [5.74, 6) is 0.695. The largest absolute Gasteiger partial charge is 0.269 e. The maximum absolute atomic E-state index is 11.6. The Morgan fingerprint density at radius 2 is 2.22 bits per heavy atom. The van der Waals surface area contributed by atoms with Gasteiger partial charge in [-0.2, -0.15) is 4.31 Å². The van der Waals surface area contributed by atoms with Crippen molar-refractivity contribution in [2.75, 3.05) is 18.6 Å². The number of non-ortho nitro benzene ring substituents is 1. The molecule has 1 fully saturated rings. The summed E-state index contributed by atoms with van der Waals surface area (Å²) in [5.41, 5.74) is 0.630. The molecule has 1 heterocycles. The SMILES string of the molecule is CS(=O)(=O)N1CCS[C@@H]1c1cccc([N+](=O)[O-])c1. The molecule has 18 heavy (non-hydrogen) atoms. The quantitative estimate of drug-likeness (QED) is 0.623. The van der Waals surface area contributed by atoms with Gasteiger partial charge < -0.3 is 0 Å². The lowest BCUT2D eigenvalue weighted by Crippen LogP contribution is -2.29. The Morgan fingerprint density at radius 1 is 1.50 bits per heavy atom. The molecule has 0 aromatic heterocycles. The molecule has 0 bridgehead atoms. The Balaban J connectivity index is 2.36. The summed E-state index contributed by atoms with van der Waals surface area (Å²) in [5, 5.41) is 10.4. The average Bonchev–Trinajstić information content (AvgIpc) is 2.77. The first kappa shape index (κ1) is 13.3. The number of hydrogen-bond donors (Lipinski definition) is 0. The van der Waals surface area contributed by atoms with E-state index in [9.17, 15) is 18.5 Å². The molecule has 1 atom stereocenters. The molecular formula is C10H12N2O4S2. The van der Waals surface area contributed by atoms with Gasteiger partial charge in [0.05, 0.1) is 16.6 Å². The van der Waals surface area contributed by atoms with Gasteiger partial charge in [-0.1, -0.05) is 12.1 Å². The van der Waals surface area contributed by atoms with Crippen LogP contribution < -0.4 is 0 Å². The summed E-state index contributed by atoms with van der Waals surface area (Å²) >= 11 is 1.48. The van der Waals surface area contributed by atoms with Crippen molar-refractivity contribution in [3.63, 3.8) is 0 Å². The van der Waals surface area contributed by atoms with Gasteiger partial charge in [0.2, 0.25) is 10.0 Å². The van der Waals surface area contributed by atoms with Crippen LogP contribution in [0.4, 0.5) is 5.69 Å². The van der Waals surface area contributed by atoms with E-state index < -0.39 is 14.9 Å². The van der Waals surface area contributed by atoms with Crippen molar-refractivity contribution in [2.24, 2.45) is 0 Å². The second-order valence-corrected chi connectivity index (χ2v) is 7.07. The van der Waals surface area contributed by atoms with Gasteiger partial charge in [-0.3, -0.25) is 10.1 Å². The highest BCUT2D eigenvalue weighted by Crippen LogP contribution is 2.40. The summed E-state index contributed by atoms with van der Waals surface area (Å²) in [6, 6.07) is 6.12. The van der Waals surface area contributed by atoms with Crippen LogP contribution in [0.5, 0.6) is 0 Å². The van der Waals surface area contributed by atoms with Crippen LogP contribution in [0.15, 0.2) is 24.3 Å². The molecule has 1 aromatic carbocycles. The smallest absolute Gasteiger partial charge is 0.258 e. The summed E-state index contributed by atoms with van der Waals surface area (Å²) in [6.45, 7) is 0.441. The zero-order valence-corrected chi connectivity index (χ0v) is 11.3. The lowest BCUT2D eigenvalue weighted by atomic mass is 10.2. The summed E-state index contributed by atoms with van der Waals surface area (Å²) in [4.78, 5) is 10.2. The number of hydrogen-bond acceptors (Lipinski definition) is 5. The molecule has 1 aromatic rings. The van der Waals surface area contributed by atoms with Crippen LogP contribution in [0, 0.1) is 10.1 Å². The Morgan fingerprint density at radius 3 is 2.83 bits per heavy atom. The molecule has 0 amide bonds. The number of nitro groups is 1. The zero-order chi connectivity index (χ0) is 13.3. The van der Waals surface area contributed by atoms with Crippen molar-refractivity contribution < 1.29 is 13.3 Å².